The Bertz CT molecular complexity index is 500. The maximum absolute atomic E-state index is 12.0. The third-order valence-corrected chi connectivity index (χ3v) is 3.09. The van der Waals surface area contributed by atoms with Gasteiger partial charge in [-0.05, 0) is 6.42 Å². The van der Waals surface area contributed by atoms with Crippen molar-refractivity contribution < 1.29 is 19.1 Å². The van der Waals surface area contributed by atoms with E-state index in [1.54, 1.807) is 6.20 Å². The van der Waals surface area contributed by atoms with Crippen LogP contribution in [-0.4, -0.2) is 46.9 Å². The van der Waals surface area contributed by atoms with E-state index in [-0.39, 0.29) is 18.2 Å². The lowest BCUT2D eigenvalue weighted by atomic mass is 10.1. The number of amides is 2. The first kappa shape index (κ1) is 14.0. The Balaban J connectivity index is 1.98. The SMILES string of the molecule is COC(=O)[C@H](Cc1cnc[nH]1)NC(=O)C1CCC(=O)N1. The monoisotopic (exact) mass is 280 g/mol. The van der Waals surface area contributed by atoms with E-state index in [0.29, 0.717) is 18.5 Å². The number of carbonyl (C=O) groups excluding carboxylic acids is 3. The summed E-state index contributed by atoms with van der Waals surface area (Å²) in [7, 11) is 1.26. The van der Waals surface area contributed by atoms with Crippen LogP contribution in [0.1, 0.15) is 18.5 Å². The van der Waals surface area contributed by atoms with Crippen molar-refractivity contribution in [3.05, 3.63) is 18.2 Å². The largest absolute Gasteiger partial charge is 0.467 e. The molecule has 2 atom stereocenters. The van der Waals surface area contributed by atoms with Crippen LogP contribution >= 0.6 is 0 Å². The van der Waals surface area contributed by atoms with Crippen LogP contribution < -0.4 is 10.6 Å². The summed E-state index contributed by atoms with van der Waals surface area (Å²) < 4.78 is 4.67. The van der Waals surface area contributed by atoms with Crippen molar-refractivity contribution in [3.8, 4) is 0 Å². The van der Waals surface area contributed by atoms with Gasteiger partial charge in [0.2, 0.25) is 11.8 Å². The number of aromatic amines is 1. The second-order valence-corrected chi connectivity index (χ2v) is 4.52. The second kappa shape index (κ2) is 6.18. The predicted molar refractivity (Wildman–Crippen MR) is 67.4 cm³/mol. The molecule has 108 valence electrons. The van der Waals surface area contributed by atoms with E-state index in [0.717, 1.165) is 0 Å². The van der Waals surface area contributed by atoms with E-state index in [4.69, 9.17) is 0 Å². The number of hydrogen-bond donors (Lipinski definition) is 3. The van der Waals surface area contributed by atoms with E-state index in [1.807, 2.05) is 0 Å². The molecule has 1 aliphatic rings. The number of esters is 1. The molecule has 1 fully saturated rings. The minimum absolute atomic E-state index is 0.159. The summed E-state index contributed by atoms with van der Waals surface area (Å²) >= 11 is 0. The van der Waals surface area contributed by atoms with E-state index in [1.165, 1.54) is 13.4 Å². The Kier molecular flexibility index (Phi) is 4.34. The van der Waals surface area contributed by atoms with Crippen molar-refractivity contribution in [2.45, 2.75) is 31.3 Å². The quantitative estimate of drug-likeness (QED) is 0.592. The van der Waals surface area contributed by atoms with Crippen molar-refractivity contribution in [3.63, 3.8) is 0 Å². The zero-order chi connectivity index (χ0) is 14.5. The fourth-order valence-corrected chi connectivity index (χ4v) is 2.03. The van der Waals surface area contributed by atoms with Crippen LogP contribution in [-0.2, 0) is 25.5 Å². The summed E-state index contributed by atoms with van der Waals surface area (Å²) in [5.74, 6) is -1.09. The number of nitrogens with zero attached hydrogens (tertiary/aromatic N) is 1. The lowest BCUT2D eigenvalue weighted by Crippen LogP contribution is -2.50. The summed E-state index contributed by atoms with van der Waals surface area (Å²) in [6, 6.07) is -1.40. The third-order valence-electron chi connectivity index (χ3n) is 3.09. The van der Waals surface area contributed by atoms with Crippen LogP contribution in [0, 0.1) is 0 Å². The summed E-state index contributed by atoms with van der Waals surface area (Å²) in [4.78, 5) is 41.5. The molecule has 1 unspecified atom stereocenters. The number of ether oxygens (including phenoxy) is 1. The molecular weight excluding hydrogens is 264 g/mol. The predicted octanol–water partition coefficient (Wildman–Crippen LogP) is -1.11. The summed E-state index contributed by atoms with van der Waals surface area (Å²) in [6.07, 6.45) is 4.06. The summed E-state index contributed by atoms with van der Waals surface area (Å²) in [5.41, 5.74) is 0.705. The minimum Gasteiger partial charge on any atom is -0.467 e. The Morgan fingerprint density at radius 1 is 1.60 bits per heavy atom. The molecule has 0 radical (unpaired) electrons. The van der Waals surface area contributed by atoms with Crippen molar-refractivity contribution in [2.24, 2.45) is 0 Å². The van der Waals surface area contributed by atoms with Gasteiger partial charge in [0.05, 0.1) is 13.4 Å². The lowest BCUT2D eigenvalue weighted by molar-refractivity contribution is -0.145. The van der Waals surface area contributed by atoms with Crippen LogP contribution in [0.15, 0.2) is 12.5 Å². The van der Waals surface area contributed by atoms with Crippen LogP contribution in [0.4, 0.5) is 0 Å². The first-order chi connectivity index (χ1) is 9.60. The molecule has 8 nitrogen and oxygen atoms in total. The van der Waals surface area contributed by atoms with E-state index in [9.17, 15) is 14.4 Å². The Labute approximate surface area is 115 Å². The molecule has 8 heteroatoms. The maximum atomic E-state index is 12.0. The molecule has 0 spiro atoms. The maximum Gasteiger partial charge on any atom is 0.328 e. The molecular formula is C12H16N4O4. The first-order valence-corrected chi connectivity index (χ1v) is 6.25. The molecule has 1 aromatic rings. The highest BCUT2D eigenvalue weighted by atomic mass is 16.5. The molecule has 0 saturated carbocycles. The zero-order valence-electron chi connectivity index (χ0n) is 11.0. The van der Waals surface area contributed by atoms with Gasteiger partial charge in [0.1, 0.15) is 12.1 Å². The minimum atomic E-state index is -0.814. The molecule has 2 rings (SSSR count). The molecule has 2 amide bonds. The van der Waals surface area contributed by atoms with Gasteiger partial charge in [0.25, 0.3) is 0 Å². The number of imidazole rings is 1. The Morgan fingerprint density at radius 2 is 2.40 bits per heavy atom. The third kappa shape index (κ3) is 3.34. The summed E-state index contributed by atoms with van der Waals surface area (Å²) in [6.45, 7) is 0. The van der Waals surface area contributed by atoms with E-state index < -0.39 is 18.1 Å². The van der Waals surface area contributed by atoms with Gasteiger partial charge < -0.3 is 20.4 Å². The van der Waals surface area contributed by atoms with E-state index >= 15 is 0 Å². The van der Waals surface area contributed by atoms with Gasteiger partial charge >= 0.3 is 5.97 Å². The highest BCUT2D eigenvalue weighted by molar-refractivity contribution is 5.93. The topological polar surface area (TPSA) is 113 Å². The fourth-order valence-electron chi connectivity index (χ4n) is 2.03. The van der Waals surface area contributed by atoms with Crippen molar-refractivity contribution in [1.82, 2.24) is 20.6 Å². The molecule has 1 saturated heterocycles. The highest BCUT2D eigenvalue weighted by Gasteiger charge is 2.31. The lowest BCUT2D eigenvalue weighted by Gasteiger charge is -2.18. The number of methoxy groups -OCH3 is 1. The fraction of sp³-hybridized carbons (Fsp3) is 0.500. The number of rotatable bonds is 5. The molecule has 1 aliphatic heterocycles. The molecule has 0 aliphatic carbocycles. The first-order valence-electron chi connectivity index (χ1n) is 6.25. The van der Waals surface area contributed by atoms with Gasteiger partial charge in [-0.2, -0.15) is 0 Å². The molecule has 0 aromatic carbocycles. The zero-order valence-corrected chi connectivity index (χ0v) is 11.0. The molecule has 3 N–H and O–H groups in total. The van der Waals surface area contributed by atoms with Crippen molar-refractivity contribution in [1.29, 1.82) is 0 Å². The number of aromatic nitrogens is 2. The van der Waals surface area contributed by atoms with Crippen LogP contribution in [0.2, 0.25) is 0 Å². The van der Waals surface area contributed by atoms with Gasteiger partial charge in [-0.25, -0.2) is 9.78 Å². The van der Waals surface area contributed by atoms with Gasteiger partial charge in [-0.15, -0.1) is 0 Å². The van der Waals surface area contributed by atoms with Gasteiger partial charge in [-0.3, -0.25) is 9.59 Å². The van der Waals surface area contributed by atoms with E-state index in [2.05, 4.69) is 25.3 Å². The number of hydrogen-bond acceptors (Lipinski definition) is 5. The average Bonchev–Trinajstić information content (AvgIpc) is 3.08. The van der Waals surface area contributed by atoms with Crippen LogP contribution in [0.3, 0.4) is 0 Å². The Hall–Kier alpha value is -2.38. The average molecular weight is 280 g/mol. The second-order valence-electron chi connectivity index (χ2n) is 4.52. The van der Waals surface area contributed by atoms with Gasteiger partial charge in [0, 0.05) is 24.7 Å². The number of H-pyrrole nitrogens is 1. The Morgan fingerprint density at radius 3 is 2.95 bits per heavy atom. The highest BCUT2D eigenvalue weighted by Crippen LogP contribution is 2.08. The van der Waals surface area contributed by atoms with Crippen LogP contribution in [0.25, 0.3) is 0 Å². The number of nitrogens with one attached hydrogen (secondary N) is 3. The molecule has 20 heavy (non-hydrogen) atoms. The van der Waals surface area contributed by atoms with Crippen molar-refractivity contribution in [2.75, 3.05) is 7.11 Å². The van der Waals surface area contributed by atoms with Gasteiger partial charge in [-0.1, -0.05) is 0 Å². The standard InChI is InChI=1S/C12H16N4O4/c1-20-12(19)9(4-7-5-13-6-14-7)16-11(18)8-2-3-10(17)15-8/h5-6,8-9H,2-4H2,1H3,(H,13,14)(H,15,17)(H,16,18)/t8?,9-/m0/s1. The number of carbonyl (C=O) groups is 3. The molecule has 0 bridgehead atoms. The molecule has 2 heterocycles. The van der Waals surface area contributed by atoms with Crippen LogP contribution in [0.5, 0.6) is 0 Å². The normalized spacial score (nSPS) is 19.2. The summed E-state index contributed by atoms with van der Waals surface area (Å²) in [5, 5.41) is 5.14. The molecule has 1 aromatic heterocycles. The van der Waals surface area contributed by atoms with Gasteiger partial charge in [0.15, 0.2) is 0 Å². The van der Waals surface area contributed by atoms with Crippen molar-refractivity contribution >= 4 is 17.8 Å². The smallest absolute Gasteiger partial charge is 0.328 e.